The second-order valence-electron chi connectivity index (χ2n) is 3.45. The van der Waals surface area contributed by atoms with Crippen molar-refractivity contribution in [3.05, 3.63) is 34.7 Å². The van der Waals surface area contributed by atoms with Gasteiger partial charge in [-0.2, -0.15) is 0 Å². The summed E-state index contributed by atoms with van der Waals surface area (Å²) in [5, 5.41) is 2.82. The largest absolute Gasteiger partial charge is 0.494 e. The van der Waals surface area contributed by atoms with Gasteiger partial charge in [0.25, 0.3) is 0 Å². The molecule has 4 heteroatoms. The molecule has 0 saturated carbocycles. The van der Waals surface area contributed by atoms with E-state index >= 15 is 0 Å². The zero-order valence-corrected chi connectivity index (χ0v) is 10.4. The molecule has 1 aromatic heterocycles. The van der Waals surface area contributed by atoms with Crippen LogP contribution in [0.3, 0.4) is 0 Å². The van der Waals surface area contributed by atoms with Crippen molar-refractivity contribution in [2.75, 3.05) is 6.61 Å². The molecule has 0 fully saturated rings. The Balaban J connectivity index is 2.17. The van der Waals surface area contributed by atoms with E-state index in [-0.39, 0.29) is 0 Å². The molecule has 2 aromatic rings. The van der Waals surface area contributed by atoms with E-state index in [1.165, 1.54) is 11.3 Å². The number of hydrogen-bond donors (Lipinski definition) is 0. The average Bonchev–Trinajstić information content (AvgIpc) is 2.80. The summed E-state index contributed by atoms with van der Waals surface area (Å²) in [5.41, 5.74) is 1.96. The molecule has 2 rings (SSSR count). The second kappa shape index (κ2) is 5.59. The first-order chi connectivity index (χ1) is 8.33. The fraction of sp³-hybridized carbons (Fsp3) is 0.231. The molecule has 3 nitrogen and oxygen atoms in total. The Morgan fingerprint density at radius 2 is 2.12 bits per heavy atom. The number of rotatable bonds is 5. The third-order valence-electron chi connectivity index (χ3n) is 2.27. The van der Waals surface area contributed by atoms with Crippen molar-refractivity contribution in [1.82, 2.24) is 4.98 Å². The maximum Gasteiger partial charge on any atom is 0.126 e. The maximum atomic E-state index is 10.4. The highest BCUT2D eigenvalue weighted by Gasteiger charge is 2.04. The minimum Gasteiger partial charge on any atom is -0.494 e. The van der Waals surface area contributed by atoms with Gasteiger partial charge in [-0.3, -0.25) is 0 Å². The van der Waals surface area contributed by atoms with Gasteiger partial charge in [0.05, 0.1) is 18.7 Å². The van der Waals surface area contributed by atoms with Gasteiger partial charge in [-0.1, -0.05) is 0 Å². The van der Waals surface area contributed by atoms with Crippen LogP contribution in [0.1, 0.15) is 11.9 Å². The predicted octanol–water partition coefficient (Wildman–Crippen LogP) is 2.95. The third kappa shape index (κ3) is 2.91. The molecule has 0 aliphatic heterocycles. The summed E-state index contributed by atoms with van der Waals surface area (Å²) in [7, 11) is 0. The SMILES string of the molecule is CCOc1ccc(-c2csc(CC=O)n2)cc1. The van der Waals surface area contributed by atoms with Crippen LogP contribution in [-0.2, 0) is 11.2 Å². The van der Waals surface area contributed by atoms with E-state index in [1.807, 2.05) is 36.6 Å². The van der Waals surface area contributed by atoms with Crippen molar-refractivity contribution >= 4 is 17.6 Å². The van der Waals surface area contributed by atoms with E-state index in [0.717, 1.165) is 28.3 Å². The van der Waals surface area contributed by atoms with E-state index in [9.17, 15) is 4.79 Å². The minimum atomic E-state index is 0.391. The van der Waals surface area contributed by atoms with Gasteiger partial charge in [0.1, 0.15) is 17.0 Å². The molecule has 0 aliphatic carbocycles. The van der Waals surface area contributed by atoms with Crippen LogP contribution in [0.15, 0.2) is 29.6 Å². The highest BCUT2D eigenvalue weighted by Crippen LogP contribution is 2.24. The molecule has 17 heavy (non-hydrogen) atoms. The molecule has 1 aromatic carbocycles. The number of aldehydes is 1. The molecule has 0 unspecified atom stereocenters. The van der Waals surface area contributed by atoms with Gasteiger partial charge in [-0.25, -0.2) is 4.98 Å². The second-order valence-corrected chi connectivity index (χ2v) is 4.40. The monoisotopic (exact) mass is 247 g/mol. The summed E-state index contributed by atoms with van der Waals surface area (Å²) in [6.45, 7) is 2.62. The third-order valence-corrected chi connectivity index (χ3v) is 3.14. The number of ether oxygens (including phenoxy) is 1. The predicted molar refractivity (Wildman–Crippen MR) is 68.5 cm³/mol. The Hall–Kier alpha value is -1.68. The van der Waals surface area contributed by atoms with Gasteiger partial charge in [0.15, 0.2) is 0 Å². The molecule has 0 N–H and O–H groups in total. The van der Waals surface area contributed by atoms with E-state index in [0.29, 0.717) is 13.0 Å². The highest BCUT2D eigenvalue weighted by molar-refractivity contribution is 7.10. The lowest BCUT2D eigenvalue weighted by Gasteiger charge is -2.03. The van der Waals surface area contributed by atoms with Crippen molar-refractivity contribution in [3.8, 4) is 17.0 Å². The van der Waals surface area contributed by atoms with Crippen molar-refractivity contribution in [1.29, 1.82) is 0 Å². The summed E-state index contributed by atoms with van der Waals surface area (Å²) in [4.78, 5) is 14.8. The van der Waals surface area contributed by atoms with Gasteiger partial charge >= 0.3 is 0 Å². The van der Waals surface area contributed by atoms with Crippen LogP contribution >= 0.6 is 11.3 Å². The molecule has 0 radical (unpaired) electrons. The summed E-state index contributed by atoms with van der Waals surface area (Å²) < 4.78 is 5.38. The Labute approximate surface area is 104 Å². The van der Waals surface area contributed by atoms with E-state index in [2.05, 4.69) is 4.98 Å². The lowest BCUT2D eigenvalue weighted by Crippen LogP contribution is -1.90. The number of nitrogens with zero attached hydrogens (tertiary/aromatic N) is 1. The maximum absolute atomic E-state index is 10.4. The number of hydrogen-bond acceptors (Lipinski definition) is 4. The van der Waals surface area contributed by atoms with Gasteiger partial charge in [-0.15, -0.1) is 11.3 Å². The topological polar surface area (TPSA) is 39.2 Å². The number of carbonyl (C=O) groups excluding carboxylic acids is 1. The first kappa shape index (κ1) is 11.8. The lowest BCUT2D eigenvalue weighted by molar-refractivity contribution is -0.107. The van der Waals surface area contributed by atoms with Gasteiger partial charge in [-0.05, 0) is 31.2 Å². The highest BCUT2D eigenvalue weighted by atomic mass is 32.1. The fourth-order valence-electron chi connectivity index (χ4n) is 1.50. The van der Waals surface area contributed by atoms with Crippen molar-refractivity contribution in [2.45, 2.75) is 13.3 Å². The standard InChI is InChI=1S/C13H13NO2S/c1-2-16-11-5-3-10(4-6-11)12-9-17-13(14-12)7-8-15/h3-6,8-9H,2,7H2,1H3. The Kier molecular flexibility index (Phi) is 3.88. The lowest BCUT2D eigenvalue weighted by atomic mass is 10.2. The molecular formula is C13H13NO2S. The molecular weight excluding hydrogens is 234 g/mol. The van der Waals surface area contributed by atoms with Gasteiger partial charge in [0, 0.05) is 10.9 Å². The minimum absolute atomic E-state index is 0.391. The number of benzene rings is 1. The Morgan fingerprint density at radius 3 is 2.76 bits per heavy atom. The zero-order valence-electron chi connectivity index (χ0n) is 9.55. The fourth-order valence-corrected chi connectivity index (χ4v) is 2.25. The smallest absolute Gasteiger partial charge is 0.126 e. The molecule has 88 valence electrons. The normalized spacial score (nSPS) is 10.2. The van der Waals surface area contributed by atoms with Crippen LogP contribution in [0, 0.1) is 0 Å². The average molecular weight is 247 g/mol. The number of thiazole rings is 1. The van der Waals surface area contributed by atoms with Crippen LogP contribution in [0.5, 0.6) is 5.75 Å². The number of carbonyl (C=O) groups is 1. The molecule has 0 bridgehead atoms. The quantitative estimate of drug-likeness (QED) is 0.762. The van der Waals surface area contributed by atoms with E-state index in [4.69, 9.17) is 4.74 Å². The van der Waals surface area contributed by atoms with Crippen LogP contribution in [0.4, 0.5) is 0 Å². The van der Waals surface area contributed by atoms with Crippen LogP contribution in [-0.4, -0.2) is 17.9 Å². The summed E-state index contributed by atoms with van der Waals surface area (Å²) in [6.07, 6.45) is 1.27. The van der Waals surface area contributed by atoms with Crippen LogP contribution < -0.4 is 4.74 Å². The zero-order chi connectivity index (χ0) is 12.1. The molecule has 0 spiro atoms. The first-order valence-corrected chi connectivity index (χ1v) is 6.32. The molecule has 0 aliphatic rings. The van der Waals surface area contributed by atoms with Gasteiger partial charge < -0.3 is 9.53 Å². The Morgan fingerprint density at radius 1 is 1.35 bits per heavy atom. The molecule has 0 amide bonds. The van der Waals surface area contributed by atoms with Crippen LogP contribution in [0.2, 0.25) is 0 Å². The molecule has 0 atom stereocenters. The Bertz CT molecular complexity index is 490. The molecule has 0 saturated heterocycles. The summed E-state index contributed by atoms with van der Waals surface area (Å²) in [5.74, 6) is 0.861. The van der Waals surface area contributed by atoms with Crippen molar-refractivity contribution in [3.63, 3.8) is 0 Å². The van der Waals surface area contributed by atoms with Crippen molar-refractivity contribution in [2.24, 2.45) is 0 Å². The summed E-state index contributed by atoms with van der Waals surface area (Å²) in [6, 6.07) is 7.81. The van der Waals surface area contributed by atoms with E-state index < -0.39 is 0 Å². The van der Waals surface area contributed by atoms with E-state index in [1.54, 1.807) is 0 Å². The van der Waals surface area contributed by atoms with Crippen LogP contribution in [0.25, 0.3) is 11.3 Å². The first-order valence-electron chi connectivity index (χ1n) is 5.44. The number of aromatic nitrogens is 1. The van der Waals surface area contributed by atoms with Crippen molar-refractivity contribution < 1.29 is 9.53 Å². The van der Waals surface area contributed by atoms with Gasteiger partial charge in [0.2, 0.25) is 0 Å². The molecule has 1 heterocycles. The summed E-state index contributed by atoms with van der Waals surface area (Å²) >= 11 is 1.51.